The minimum Gasteiger partial charge on any atom is -0.393 e. The van der Waals surface area contributed by atoms with Gasteiger partial charge in [0.1, 0.15) is 0 Å². The van der Waals surface area contributed by atoms with E-state index >= 15 is 0 Å². The Labute approximate surface area is 135 Å². The maximum Gasteiger partial charge on any atom is 0.0701 e. The topological polar surface area (TPSA) is 40.5 Å². The van der Waals surface area contributed by atoms with Crippen molar-refractivity contribution in [3.63, 3.8) is 0 Å². The Kier molecular flexibility index (Phi) is 3.66. The molecule has 4 saturated carbocycles. The smallest absolute Gasteiger partial charge is 0.0701 e. The molecular weight excluding hydrogens is 272 g/mol. The third-order valence-corrected chi connectivity index (χ3v) is 8.83. The van der Waals surface area contributed by atoms with Gasteiger partial charge in [0.05, 0.1) is 11.7 Å². The van der Waals surface area contributed by atoms with Gasteiger partial charge in [0, 0.05) is 0 Å². The van der Waals surface area contributed by atoms with Crippen molar-refractivity contribution in [1.82, 2.24) is 0 Å². The molecule has 22 heavy (non-hydrogen) atoms. The molecule has 0 aliphatic heterocycles. The second-order valence-corrected chi connectivity index (χ2v) is 9.28. The SMILES string of the molecule is CC[C@]1(O)CC[C@@H]2[C@@H]3CC[C@@H]4C[C@H](O)CC[C@@H]4[C@H]3CC[C@@]21C. The van der Waals surface area contributed by atoms with Gasteiger partial charge in [0.2, 0.25) is 0 Å². The van der Waals surface area contributed by atoms with Gasteiger partial charge in [-0.3, -0.25) is 0 Å². The van der Waals surface area contributed by atoms with E-state index in [0.29, 0.717) is 0 Å². The summed E-state index contributed by atoms with van der Waals surface area (Å²) in [6.45, 7) is 4.58. The Morgan fingerprint density at radius 1 is 0.909 bits per heavy atom. The molecule has 126 valence electrons. The third kappa shape index (κ3) is 1.99. The zero-order valence-electron chi connectivity index (χ0n) is 14.4. The molecule has 0 heterocycles. The van der Waals surface area contributed by atoms with E-state index in [1.54, 1.807) is 0 Å². The van der Waals surface area contributed by atoms with E-state index in [9.17, 15) is 10.2 Å². The molecular formula is C20H34O2. The zero-order valence-corrected chi connectivity index (χ0v) is 14.4. The highest BCUT2D eigenvalue weighted by molar-refractivity contribution is 5.11. The van der Waals surface area contributed by atoms with Gasteiger partial charge in [-0.2, -0.15) is 0 Å². The standard InChI is InChI=1S/C20H34O2/c1-3-20(22)11-9-18-17-6-4-13-12-14(21)5-7-15(13)16(17)8-10-19(18,20)2/h13-18,21-22H,3-12H2,1-2H3/t13-,14-,15+,16-,17-,18-,19+,20+/m1/s1. The van der Waals surface area contributed by atoms with E-state index < -0.39 is 5.60 Å². The molecule has 0 aromatic rings. The lowest BCUT2D eigenvalue weighted by molar-refractivity contribution is -0.134. The predicted molar refractivity (Wildman–Crippen MR) is 88.4 cm³/mol. The molecule has 0 spiro atoms. The van der Waals surface area contributed by atoms with Crippen molar-refractivity contribution in [1.29, 1.82) is 0 Å². The molecule has 2 nitrogen and oxygen atoms in total. The molecule has 0 aromatic heterocycles. The summed E-state index contributed by atoms with van der Waals surface area (Å²) in [7, 11) is 0. The largest absolute Gasteiger partial charge is 0.393 e. The summed E-state index contributed by atoms with van der Waals surface area (Å²) in [6, 6.07) is 0. The number of aliphatic hydroxyl groups is 2. The molecule has 4 fully saturated rings. The van der Waals surface area contributed by atoms with Gasteiger partial charge >= 0.3 is 0 Å². The van der Waals surface area contributed by atoms with Crippen LogP contribution in [0.1, 0.15) is 78.1 Å². The third-order valence-electron chi connectivity index (χ3n) is 8.83. The lowest BCUT2D eigenvalue weighted by Gasteiger charge is -2.57. The van der Waals surface area contributed by atoms with Crippen LogP contribution in [0.5, 0.6) is 0 Å². The van der Waals surface area contributed by atoms with Crippen LogP contribution in [0, 0.1) is 35.0 Å². The van der Waals surface area contributed by atoms with Crippen molar-refractivity contribution in [2.75, 3.05) is 0 Å². The second-order valence-electron chi connectivity index (χ2n) is 9.28. The number of hydrogen-bond acceptors (Lipinski definition) is 2. The molecule has 0 radical (unpaired) electrons. The average molecular weight is 306 g/mol. The van der Waals surface area contributed by atoms with Crippen LogP contribution >= 0.6 is 0 Å². The molecule has 0 saturated heterocycles. The van der Waals surface area contributed by atoms with Crippen LogP contribution in [0.25, 0.3) is 0 Å². The summed E-state index contributed by atoms with van der Waals surface area (Å²) in [5, 5.41) is 21.2. The van der Waals surface area contributed by atoms with Crippen LogP contribution in [0.3, 0.4) is 0 Å². The first-order valence-corrected chi connectivity index (χ1v) is 9.89. The lowest BCUT2D eigenvalue weighted by atomic mass is 9.49. The highest BCUT2D eigenvalue weighted by Crippen LogP contribution is 2.65. The second kappa shape index (κ2) is 5.21. The highest BCUT2D eigenvalue weighted by Gasteiger charge is 2.61. The van der Waals surface area contributed by atoms with Gasteiger partial charge in [-0.1, -0.05) is 13.8 Å². The van der Waals surface area contributed by atoms with E-state index in [-0.39, 0.29) is 11.5 Å². The molecule has 2 heteroatoms. The Balaban J connectivity index is 1.58. The van der Waals surface area contributed by atoms with E-state index in [2.05, 4.69) is 13.8 Å². The van der Waals surface area contributed by atoms with Crippen molar-refractivity contribution in [3.8, 4) is 0 Å². The summed E-state index contributed by atoms with van der Waals surface area (Å²) in [6.07, 6.45) is 11.8. The van der Waals surface area contributed by atoms with Crippen LogP contribution in [-0.4, -0.2) is 21.9 Å². The summed E-state index contributed by atoms with van der Waals surface area (Å²) in [4.78, 5) is 0. The first-order chi connectivity index (χ1) is 10.5. The van der Waals surface area contributed by atoms with Crippen LogP contribution in [0.15, 0.2) is 0 Å². The Hall–Kier alpha value is -0.0800. The Morgan fingerprint density at radius 3 is 2.45 bits per heavy atom. The fourth-order valence-electron chi connectivity index (χ4n) is 7.52. The van der Waals surface area contributed by atoms with E-state index in [1.807, 2.05) is 0 Å². The van der Waals surface area contributed by atoms with E-state index in [1.165, 1.54) is 38.5 Å². The number of hydrogen-bond donors (Lipinski definition) is 2. The van der Waals surface area contributed by atoms with Crippen LogP contribution in [0.4, 0.5) is 0 Å². The normalized spacial score (nSPS) is 57.8. The maximum atomic E-state index is 11.2. The summed E-state index contributed by atoms with van der Waals surface area (Å²) in [5.41, 5.74) is -0.230. The summed E-state index contributed by atoms with van der Waals surface area (Å²) >= 11 is 0. The van der Waals surface area contributed by atoms with Crippen LogP contribution < -0.4 is 0 Å². The van der Waals surface area contributed by atoms with Crippen molar-refractivity contribution in [3.05, 3.63) is 0 Å². The fraction of sp³-hybridized carbons (Fsp3) is 1.00. The van der Waals surface area contributed by atoms with Crippen molar-refractivity contribution < 1.29 is 10.2 Å². The quantitative estimate of drug-likeness (QED) is 0.764. The minimum absolute atomic E-state index is 0.0247. The van der Waals surface area contributed by atoms with Gasteiger partial charge < -0.3 is 10.2 Å². The molecule has 4 aliphatic carbocycles. The molecule has 0 aromatic carbocycles. The van der Waals surface area contributed by atoms with Gasteiger partial charge in [-0.15, -0.1) is 0 Å². The predicted octanol–water partition coefficient (Wildman–Crippen LogP) is 4.14. The maximum absolute atomic E-state index is 11.2. The Bertz CT molecular complexity index is 435. The molecule has 0 amide bonds. The highest BCUT2D eigenvalue weighted by atomic mass is 16.3. The molecule has 0 bridgehead atoms. The van der Waals surface area contributed by atoms with Crippen LogP contribution in [0.2, 0.25) is 0 Å². The number of rotatable bonds is 1. The minimum atomic E-state index is -0.401. The van der Waals surface area contributed by atoms with Crippen molar-refractivity contribution in [2.24, 2.45) is 35.0 Å². The summed E-state index contributed by atoms with van der Waals surface area (Å²) < 4.78 is 0. The van der Waals surface area contributed by atoms with E-state index in [0.717, 1.165) is 55.3 Å². The Morgan fingerprint density at radius 2 is 1.68 bits per heavy atom. The molecule has 4 aliphatic rings. The lowest BCUT2D eigenvalue weighted by Crippen LogP contribution is -2.53. The first-order valence-electron chi connectivity index (χ1n) is 9.89. The van der Waals surface area contributed by atoms with Crippen LogP contribution in [-0.2, 0) is 0 Å². The van der Waals surface area contributed by atoms with Gasteiger partial charge in [0.15, 0.2) is 0 Å². The summed E-state index contributed by atoms with van der Waals surface area (Å²) in [5.74, 6) is 4.17. The number of fused-ring (bicyclic) bond motifs is 5. The van der Waals surface area contributed by atoms with Gasteiger partial charge in [-0.05, 0) is 99.2 Å². The molecule has 8 atom stereocenters. The first kappa shape index (κ1) is 15.4. The van der Waals surface area contributed by atoms with E-state index in [4.69, 9.17) is 0 Å². The van der Waals surface area contributed by atoms with Crippen molar-refractivity contribution >= 4 is 0 Å². The monoisotopic (exact) mass is 306 g/mol. The van der Waals surface area contributed by atoms with Crippen molar-refractivity contribution in [2.45, 2.75) is 89.8 Å². The molecule has 2 N–H and O–H groups in total. The fourth-order valence-corrected chi connectivity index (χ4v) is 7.52. The molecule has 4 rings (SSSR count). The van der Waals surface area contributed by atoms with Gasteiger partial charge in [-0.25, -0.2) is 0 Å². The molecule has 0 unspecified atom stereocenters. The van der Waals surface area contributed by atoms with Gasteiger partial charge in [0.25, 0.3) is 0 Å². The number of aliphatic hydroxyl groups excluding tert-OH is 1. The zero-order chi connectivity index (χ0) is 15.5. The average Bonchev–Trinajstić information content (AvgIpc) is 2.79.